The first kappa shape index (κ1) is 30.1. The highest BCUT2D eigenvalue weighted by Crippen LogP contribution is 2.39. The molecule has 4 heterocycles. The summed E-state index contributed by atoms with van der Waals surface area (Å²) in [7, 11) is 0. The Morgan fingerprint density at radius 1 is 0.426 bits per heavy atom. The van der Waals surface area contributed by atoms with Crippen molar-refractivity contribution in [3.8, 4) is 45.3 Å². The SMILES string of the molecule is O=c1c2ccccc2nc2c3cc(-c4ccc5oc6cccc(-c7nc(-c8ccccc8)nc(-c8ccccc8)n7)c6c5c4)ccc3c3ccccc3n12. The molecule has 0 radical (unpaired) electrons. The van der Waals surface area contributed by atoms with E-state index in [0.717, 1.165) is 71.4 Å². The summed E-state index contributed by atoms with van der Waals surface area (Å²) in [6, 6.07) is 54.2. The van der Waals surface area contributed by atoms with Gasteiger partial charge < -0.3 is 4.42 Å². The van der Waals surface area contributed by atoms with Crippen molar-refractivity contribution in [3.63, 3.8) is 0 Å². The van der Waals surface area contributed by atoms with E-state index < -0.39 is 0 Å². The van der Waals surface area contributed by atoms with E-state index in [1.165, 1.54) is 0 Å². The first-order chi connectivity index (χ1) is 26.7. The zero-order valence-corrected chi connectivity index (χ0v) is 28.6. The molecule has 0 bridgehead atoms. The van der Waals surface area contributed by atoms with Crippen molar-refractivity contribution in [1.29, 1.82) is 0 Å². The predicted molar refractivity (Wildman–Crippen MR) is 216 cm³/mol. The smallest absolute Gasteiger partial charge is 0.266 e. The van der Waals surface area contributed by atoms with Crippen LogP contribution in [0.15, 0.2) is 173 Å². The topological polar surface area (TPSA) is 86.2 Å². The molecule has 7 heteroatoms. The van der Waals surface area contributed by atoms with Gasteiger partial charge in [-0.25, -0.2) is 19.9 Å². The maximum atomic E-state index is 14.0. The summed E-state index contributed by atoms with van der Waals surface area (Å²) in [4.78, 5) is 34.0. The molecule has 0 aliphatic heterocycles. The van der Waals surface area contributed by atoms with Gasteiger partial charge in [-0.1, -0.05) is 121 Å². The molecule has 4 aromatic heterocycles. The highest BCUT2D eigenvalue weighted by atomic mass is 16.3. The number of rotatable bonds is 4. The van der Waals surface area contributed by atoms with Crippen LogP contribution >= 0.6 is 0 Å². The van der Waals surface area contributed by atoms with Crippen molar-refractivity contribution in [2.75, 3.05) is 0 Å². The van der Waals surface area contributed by atoms with Crippen molar-refractivity contribution in [3.05, 3.63) is 174 Å². The van der Waals surface area contributed by atoms with E-state index in [2.05, 4.69) is 36.4 Å². The summed E-state index contributed by atoms with van der Waals surface area (Å²) in [6.07, 6.45) is 0. The molecule has 0 fully saturated rings. The second-order valence-electron chi connectivity index (χ2n) is 13.4. The van der Waals surface area contributed by atoms with Crippen LogP contribution in [-0.4, -0.2) is 24.3 Å². The highest BCUT2D eigenvalue weighted by molar-refractivity contribution is 6.15. The van der Waals surface area contributed by atoms with Gasteiger partial charge in [0.1, 0.15) is 16.8 Å². The van der Waals surface area contributed by atoms with Gasteiger partial charge in [0.2, 0.25) is 0 Å². The van der Waals surface area contributed by atoms with Gasteiger partial charge in [-0.15, -0.1) is 0 Å². The predicted octanol–water partition coefficient (Wildman–Crippen LogP) is 10.9. The molecule has 0 unspecified atom stereocenters. The number of benzene rings is 7. The zero-order chi connectivity index (χ0) is 35.8. The number of pyridine rings is 1. The fraction of sp³-hybridized carbons (Fsp3) is 0. The molecule has 0 aliphatic carbocycles. The summed E-state index contributed by atoms with van der Waals surface area (Å²) in [5, 5.41) is 5.40. The maximum Gasteiger partial charge on any atom is 0.266 e. The van der Waals surface area contributed by atoms with Gasteiger partial charge in [0.05, 0.1) is 16.4 Å². The molecule has 11 rings (SSSR count). The first-order valence-electron chi connectivity index (χ1n) is 17.8. The normalized spacial score (nSPS) is 11.8. The summed E-state index contributed by atoms with van der Waals surface area (Å²) in [5.74, 6) is 1.76. The summed E-state index contributed by atoms with van der Waals surface area (Å²) in [6.45, 7) is 0. The average Bonchev–Trinajstić information content (AvgIpc) is 3.62. The Labute approximate surface area is 307 Å². The van der Waals surface area contributed by atoms with Gasteiger partial charge >= 0.3 is 0 Å². The zero-order valence-electron chi connectivity index (χ0n) is 28.6. The average molecular weight is 694 g/mol. The fourth-order valence-electron chi connectivity index (χ4n) is 7.70. The molecule has 0 saturated carbocycles. The van der Waals surface area contributed by atoms with E-state index in [1.54, 1.807) is 4.40 Å². The van der Waals surface area contributed by atoms with Gasteiger partial charge in [-0.2, -0.15) is 0 Å². The van der Waals surface area contributed by atoms with E-state index in [-0.39, 0.29) is 5.56 Å². The largest absolute Gasteiger partial charge is 0.456 e. The van der Waals surface area contributed by atoms with E-state index in [1.807, 2.05) is 127 Å². The van der Waals surface area contributed by atoms with Crippen LogP contribution in [0.4, 0.5) is 0 Å². The van der Waals surface area contributed by atoms with Crippen LogP contribution in [0.3, 0.4) is 0 Å². The Morgan fingerprint density at radius 3 is 1.81 bits per heavy atom. The number of furan rings is 1. The molecule has 0 aliphatic rings. The third-order valence-electron chi connectivity index (χ3n) is 10.2. The minimum Gasteiger partial charge on any atom is -0.456 e. The molecule has 7 aromatic carbocycles. The van der Waals surface area contributed by atoms with Crippen LogP contribution in [0.5, 0.6) is 0 Å². The Morgan fingerprint density at radius 2 is 1.06 bits per heavy atom. The molecule has 0 amide bonds. The molecule has 0 spiro atoms. The number of hydrogen-bond acceptors (Lipinski definition) is 6. The number of para-hydroxylation sites is 2. The fourth-order valence-corrected chi connectivity index (χ4v) is 7.70. The standard InChI is InChI=1S/C47H27N5O2/c53-47-34-17-7-9-19-38(34)48-46-36-26-30(22-24-32(36)33-16-8-10-20-39(33)52(46)47)31-23-25-40-37(27-31)42-35(18-11-21-41(42)54-40)45-50-43(28-12-3-1-4-13-28)49-44(51-45)29-14-5-2-6-15-29/h1-27H. The van der Waals surface area contributed by atoms with Gasteiger partial charge in [0.15, 0.2) is 17.5 Å². The summed E-state index contributed by atoms with van der Waals surface area (Å²) in [5.41, 5.74) is 8.23. The highest BCUT2D eigenvalue weighted by Gasteiger charge is 2.19. The quantitative estimate of drug-likeness (QED) is 0.135. The number of hydrogen-bond donors (Lipinski definition) is 0. The second kappa shape index (κ2) is 11.8. The first-order valence-corrected chi connectivity index (χ1v) is 17.8. The van der Waals surface area contributed by atoms with Crippen molar-refractivity contribution >= 4 is 60.2 Å². The van der Waals surface area contributed by atoms with E-state index >= 15 is 0 Å². The van der Waals surface area contributed by atoms with Crippen LogP contribution in [0.1, 0.15) is 0 Å². The molecular formula is C47H27N5O2. The van der Waals surface area contributed by atoms with E-state index in [4.69, 9.17) is 24.4 Å². The summed E-state index contributed by atoms with van der Waals surface area (Å²) < 4.78 is 8.20. The van der Waals surface area contributed by atoms with E-state index in [9.17, 15) is 4.79 Å². The molecule has 0 N–H and O–H groups in total. The lowest BCUT2D eigenvalue weighted by molar-refractivity contribution is 0.669. The molecule has 0 saturated heterocycles. The van der Waals surface area contributed by atoms with Gasteiger partial charge in [0.25, 0.3) is 5.56 Å². The maximum absolute atomic E-state index is 14.0. The Bertz CT molecular complexity index is 3300. The summed E-state index contributed by atoms with van der Waals surface area (Å²) >= 11 is 0. The second-order valence-corrected chi connectivity index (χ2v) is 13.4. The lowest BCUT2D eigenvalue weighted by Gasteiger charge is -2.13. The number of aromatic nitrogens is 5. The third kappa shape index (κ3) is 4.65. The molecule has 252 valence electrons. The van der Waals surface area contributed by atoms with Crippen LogP contribution in [0.25, 0.3) is 105 Å². The van der Waals surface area contributed by atoms with Crippen LogP contribution in [0, 0.1) is 0 Å². The Balaban J connectivity index is 1.14. The van der Waals surface area contributed by atoms with Crippen molar-refractivity contribution in [2.45, 2.75) is 0 Å². The lowest BCUT2D eigenvalue weighted by Crippen LogP contribution is -2.16. The van der Waals surface area contributed by atoms with Gasteiger partial charge in [-0.3, -0.25) is 9.20 Å². The van der Waals surface area contributed by atoms with Crippen molar-refractivity contribution in [2.24, 2.45) is 0 Å². The van der Waals surface area contributed by atoms with Crippen LogP contribution < -0.4 is 5.56 Å². The van der Waals surface area contributed by atoms with Crippen LogP contribution in [-0.2, 0) is 0 Å². The third-order valence-corrected chi connectivity index (χ3v) is 10.2. The molecule has 11 aromatic rings. The van der Waals surface area contributed by atoms with E-state index in [0.29, 0.717) is 34.0 Å². The van der Waals surface area contributed by atoms with Gasteiger partial charge in [-0.05, 0) is 59.0 Å². The van der Waals surface area contributed by atoms with Crippen molar-refractivity contribution in [1.82, 2.24) is 24.3 Å². The minimum atomic E-state index is -0.0814. The molecule has 7 nitrogen and oxygen atoms in total. The Hall–Kier alpha value is -7.51. The molecule has 54 heavy (non-hydrogen) atoms. The van der Waals surface area contributed by atoms with Crippen molar-refractivity contribution < 1.29 is 4.42 Å². The molecule has 0 atom stereocenters. The minimum absolute atomic E-state index is 0.0814. The van der Waals surface area contributed by atoms with Crippen LogP contribution in [0.2, 0.25) is 0 Å². The monoisotopic (exact) mass is 693 g/mol. The lowest BCUT2D eigenvalue weighted by atomic mass is 9.97. The Kier molecular flexibility index (Phi) is 6.57. The van der Waals surface area contributed by atoms with Gasteiger partial charge in [0, 0.05) is 38.2 Å². The molecular weight excluding hydrogens is 667 g/mol. The number of nitrogens with zero attached hydrogens (tertiary/aromatic N) is 5. The number of fused-ring (bicyclic) bond motifs is 10.